The quantitative estimate of drug-likeness (QED) is 0.743. The molecule has 116 valence electrons. The minimum absolute atomic E-state index is 0.0612. The fourth-order valence-corrected chi connectivity index (χ4v) is 2.83. The number of rotatable bonds is 6. The summed E-state index contributed by atoms with van der Waals surface area (Å²) in [5, 5.41) is 15.2. The molecule has 1 fully saturated rings. The molecule has 1 saturated carbocycles. The molecule has 0 unspecified atom stereocenters. The highest BCUT2D eigenvalue weighted by molar-refractivity contribution is 5.74. The number of nitrogens with one attached hydrogen (secondary N) is 2. The van der Waals surface area contributed by atoms with E-state index >= 15 is 0 Å². The molecule has 2 rings (SSSR count). The van der Waals surface area contributed by atoms with Gasteiger partial charge in [0.1, 0.15) is 0 Å². The number of hydrogen-bond acceptors (Lipinski definition) is 3. The standard InChI is InChI=1S/C16H24N2O3/c1-21-15-9-5-8-14(15)18-16(20)17-13(11-19)10-12-6-3-2-4-7-12/h2-4,6-7,13-15,19H,5,8-11H2,1H3,(H2,17,18,20)/t13-,14+,15-/m0/s1. The van der Waals surface area contributed by atoms with Gasteiger partial charge in [-0.05, 0) is 31.2 Å². The zero-order valence-corrected chi connectivity index (χ0v) is 12.4. The summed E-state index contributed by atoms with van der Waals surface area (Å²) in [7, 11) is 1.68. The molecule has 5 heteroatoms. The number of carbonyl (C=O) groups is 1. The maximum atomic E-state index is 12.0. The van der Waals surface area contributed by atoms with Gasteiger partial charge in [-0.15, -0.1) is 0 Å². The molecule has 1 aliphatic rings. The Bertz CT molecular complexity index is 438. The van der Waals surface area contributed by atoms with Gasteiger partial charge in [0.15, 0.2) is 0 Å². The highest BCUT2D eigenvalue weighted by atomic mass is 16.5. The molecular formula is C16H24N2O3. The number of urea groups is 1. The normalized spacial score (nSPS) is 22.8. The number of aliphatic hydroxyl groups excluding tert-OH is 1. The van der Waals surface area contributed by atoms with Gasteiger partial charge >= 0.3 is 6.03 Å². The van der Waals surface area contributed by atoms with Crippen LogP contribution in [0.15, 0.2) is 30.3 Å². The van der Waals surface area contributed by atoms with Gasteiger partial charge in [0.05, 0.1) is 24.8 Å². The average molecular weight is 292 g/mol. The first kappa shape index (κ1) is 15.8. The van der Waals surface area contributed by atoms with Gasteiger partial charge in [-0.1, -0.05) is 30.3 Å². The Morgan fingerprint density at radius 2 is 2.14 bits per heavy atom. The van der Waals surface area contributed by atoms with E-state index in [2.05, 4.69) is 10.6 Å². The van der Waals surface area contributed by atoms with Crippen LogP contribution in [-0.2, 0) is 11.2 Å². The van der Waals surface area contributed by atoms with Crippen molar-refractivity contribution in [1.29, 1.82) is 0 Å². The highest BCUT2D eigenvalue weighted by Gasteiger charge is 2.28. The molecule has 0 heterocycles. The van der Waals surface area contributed by atoms with E-state index in [0.717, 1.165) is 24.8 Å². The van der Waals surface area contributed by atoms with E-state index in [1.807, 2.05) is 30.3 Å². The van der Waals surface area contributed by atoms with Crippen LogP contribution in [0.1, 0.15) is 24.8 Å². The monoisotopic (exact) mass is 292 g/mol. The predicted molar refractivity (Wildman–Crippen MR) is 81.1 cm³/mol. The summed E-state index contributed by atoms with van der Waals surface area (Å²) in [5.74, 6) is 0. The van der Waals surface area contributed by atoms with Crippen molar-refractivity contribution >= 4 is 6.03 Å². The summed E-state index contributed by atoms with van der Waals surface area (Å²) in [5.41, 5.74) is 1.09. The van der Waals surface area contributed by atoms with E-state index in [4.69, 9.17) is 4.74 Å². The largest absolute Gasteiger partial charge is 0.394 e. The van der Waals surface area contributed by atoms with Crippen molar-refractivity contribution in [1.82, 2.24) is 10.6 Å². The first-order chi connectivity index (χ1) is 10.2. The van der Waals surface area contributed by atoms with Gasteiger partial charge in [0.2, 0.25) is 0 Å². The molecule has 3 atom stereocenters. The topological polar surface area (TPSA) is 70.6 Å². The first-order valence-corrected chi connectivity index (χ1v) is 7.47. The van der Waals surface area contributed by atoms with Gasteiger partial charge in [-0.25, -0.2) is 4.79 Å². The Hall–Kier alpha value is -1.59. The van der Waals surface area contributed by atoms with E-state index in [9.17, 15) is 9.90 Å². The molecule has 0 radical (unpaired) electrons. The maximum absolute atomic E-state index is 12.0. The van der Waals surface area contributed by atoms with Crippen molar-refractivity contribution in [3.05, 3.63) is 35.9 Å². The first-order valence-electron chi connectivity index (χ1n) is 7.47. The zero-order chi connectivity index (χ0) is 15.1. The minimum atomic E-state index is -0.283. The SMILES string of the molecule is CO[C@H]1CCC[C@H]1NC(=O)N[C@H](CO)Cc1ccccc1. The number of benzene rings is 1. The lowest BCUT2D eigenvalue weighted by molar-refractivity contribution is 0.0871. The van der Waals surface area contributed by atoms with E-state index in [0.29, 0.717) is 6.42 Å². The molecule has 3 N–H and O–H groups in total. The molecular weight excluding hydrogens is 268 g/mol. The summed E-state index contributed by atoms with van der Waals surface area (Å²) in [6, 6.07) is 9.36. The second-order valence-electron chi connectivity index (χ2n) is 5.50. The van der Waals surface area contributed by atoms with Crippen LogP contribution in [0.25, 0.3) is 0 Å². The van der Waals surface area contributed by atoms with E-state index in [1.165, 1.54) is 0 Å². The smallest absolute Gasteiger partial charge is 0.315 e. The van der Waals surface area contributed by atoms with Crippen LogP contribution in [0.4, 0.5) is 4.79 Å². The summed E-state index contributed by atoms with van der Waals surface area (Å²) < 4.78 is 5.36. The molecule has 1 aliphatic carbocycles. The molecule has 0 bridgehead atoms. The third-order valence-corrected chi connectivity index (χ3v) is 3.95. The van der Waals surface area contributed by atoms with Crippen LogP contribution in [0.2, 0.25) is 0 Å². The Labute approximate surface area is 125 Å². The molecule has 0 aromatic heterocycles. The third-order valence-electron chi connectivity index (χ3n) is 3.95. The molecule has 1 aromatic rings. The number of hydrogen-bond donors (Lipinski definition) is 3. The molecule has 2 amide bonds. The summed E-state index contributed by atoms with van der Waals surface area (Å²) in [6.07, 6.45) is 3.70. The maximum Gasteiger partial charge on any atom is 0.315 e. The molecule has 0 aliphatic heterocycles. The van der Waals surface area contributed by atoms with Crippen LogP contribution in [-0.4, -0.2) is 43.0 Å². The number of amides is 2. The van der Waals surface area contributed by atoms with E-state index < -0.39 is 0 Å². The lowest BCUT2D eigenvalue weighted by atomic mass is 10.1. The van der Waals surface area contributed by atoms with Crippen LogP contribution in [0.3, 0.4) is 0 Å². The van der Waals surface area contributed by atoms with Gasteiger partial charge in [-0.3, -0.25) is 0 Å². The van der Waals surface area contributed by atoms with Crippen molar-refractivity contribution in [2.24, 2.45) is 0 Å². The predicted octanol–water partition coefficient (Wildman–Crippen LogP) is 1.46. The number of carbonyl (C=O) groups excluding carboxylic acids is 1. The lowest BCUT2D eigenvalue weighted by Crippen LogP contribution is -2.50. The van der Waals surface area contributed by atoms with E-state index in [-0.39, 0.29) is 30.8 Å². The molecule has 1 aromatic carbocycles. The Morgan fingerprint density at radius 3 is 2.81 bits per heavy atom. The van der Waals surface area contributed by atoms with E-state index in [1.54, 1.807) is 7.11 Å². The van der Waals surface area contributed by atoms with Crippen LogP contribution >= 0.6 is 0 Å². The van der Waals surface area contributed by atoms with Gasteiger partial charge < -0.3 is 20.5 Å². The third kappa shape index (κ3) is 4.72. The van der Waals surface area contributed by atoms with Crippen LogP contribution < -0.4 is 10.6 Å². The Kier molecular flexibility index (Phi) is 6.02. The number of ether oxygens (including phenoxy) is 1. The Balaban J connectivity index is 1.82. The number of aliphatic hydroxyl groups is 1. The Morgan fingerprint density at radius 1 is 1.38 bits per heavy atom. The van der Waals surface area contributed by atoms with Crippen molar-refractivity contribution in [3.8, 4) is 0 Å². The average Bonchev–Trinajstić information content (AvgIpc) is 2.94. The minimum Gasteiger partial charge on any atom is -0.394 e. The zero-order valence-electron chi connectivity index (χ0n) is 12.4. The van der Waals surface area contributed by atoms with Crippen molar-refractivity contribution in [3.63, 3.8) is 0 Å². The fraction of sp³-hybridized carbons (Fsp3) is 0.562. The molecule has 21 heavy (non-hydrogen) atoms. The lowest BCUT2D eigenvalue weighted by Gasteiger charge is -2.22. The second-order valence-corrected chi connectivity index (χ2v) is 5.50. The van der Waals surface area contributed by atoms with Gasteiger partial charge in [-0.2, -0.15) is 0 Å². The van der Waals surface area contributed by atoms with Crippen molar-refractivity contribution in [2.75, 3.05) is 13.7 Å². The number of methoxy groups -OCH3 is 1. The fourth-order valence-electron chi connectivity index (χ4n) is 2.83. The molecule has 0 spiro atoms. The molecule has 5 nitrogen and oxygen atoms in total. The summed E-state index contributed by atoms with van der Waals surface area (Å²) >= 11 is 0. The molecule has 0 saturated heterocycles. The highest BCUT2D eigenvalue weighted by Crippen LogP contribution is 2.21. The van der Waals surface area contributed by atoms with Crippen molar-refractivity contribution in [2.45, 2.75) is 43.9 Å². The summed E-state index contributed by atoms with van der Waals surface area (Å²) in [4.78, 5) is 12.0. The van der Waals surface area contributed by atoms with Crippen LogP contribution in [0.5, 0.6) is 0 Å². The summed E-state index contributed by atoms with van der Waals surface area (Å²) in [6.45, 7) is -0.0827. The second kappa shape index (κ2) is 8.00. The van der Waals surface area contributed by atoms with Crippen molar-refractivity contribution < 1.29 is 14.6 Å². The van der Waals surface area contributed by atoms with Gasteiger partial charge in [0, 0.05) is 7.11 Å². The van der Waals surface area contributed by atoms with Crippen LogP contribution in [0, 0.1) is 0 Å². The van der Waals surface area contributed by atoms with Gasteiger partial charge in [0.25, 0.3) is 0 Å².